The summed E-state index contributed by atoms with van der Waals surface area (Å²) in [6.45, 7) is 4.84. The largest absolute Gasteiger partial charge is 0.497 e. The van der Waals surface area contributed by atoms with Crippen molar-refractivity contribution in [2.75, 3.05) is 13.4 Å². The fraction of sp³-hybridized carbons (Fsp3) is 0.212. The fourth-order valence-electron chi connectivity index (χ4n) is 4.57. The molecule has 0 aliphatic rings. The Labute approximate surface area is 246 Å². The lowest BCUT2D eigenvalue weighted by Crippen LogP contribution is -2.10. The zero-order valence-electron chi connectivity index (χ0n) is 24.0. The van der Waals surface area contributed by atoms with Gasteiger partial charge in [0.25, 0.3) is 5.16 Å². The van der Waals surface area contributed by atoms with E-state index in [0.29, 0.717) is 47.5 Å². The first kappa shape index (κ1) is 28.9. The highest BCUT2D eigenvalue weighted by Crippen LogP contribution is 2.40. The number of aromatic nitrogens is 3. The van der Waals surface area contributed by atoms with Crippen LogP contribution in [0.25, 0.3) is 17.1 Å². The van der Waals surface area contributed by atoms with Gasteiger partial charge >= 0.3 is 0 Å². The lowest BCUT2D eigenvalue weighted by atomic mass is 9.98. The molecule has 5 rings (SSSR count). The zero-order chi connectivity index (χ0) is 29.7. The van der Waals surface area contributed by atoms with Crippen molar-refractivity contribution in [3.05, 3.63) is 114 Å². The molecule has 0 radical (unpaired) electrons. The van der Waals surface area contributed by atoms with Crippen molar-refractivity contribution in [1.29, 1.82) is 0 Å². The molecule has 0 saturated carbocycles. The van der Waals surface area contributed by atoms with Crippen LogP contribution in [0.3, 0.4) is 0 Å². The summed E-state index contributed by atoms with van der Waals surface area (Å²) in [7, 11) is -2.16. The summed E-state index contributed by atoms with van der Waals surface area (Å²) >= 11 is 0. The van der Waals surface area contributed by atoms with Crippen LogP contribution >= 0.6 is 0 Å². The van der Waals surface area contributed by atoms with Gasteiger partial charge in [0.2, 0.25) is 9.84 Å². The van der Waals surface area contributed by atoms with E-state index >= 15 is 0 Å². The molecule has 216 valence electrons. The number of hydrogen-bond acceptors (Lipinski definition) is 7. The number of nitrogens with zero attached hydrogens (tertiary/aromatic N) is 3. The van der Waals surface area contributed by atoms with E-state index in [1.807, 2.05) is 72.8 Å². The molecule has 4 aromatic carbocycles. The third-order valence-corrected chi connectivity index (χ3v) is 7.67. The van der Waals surface area contributed by atoms with E-state index in [1.165, 1.54) is 4.57 Å². The van der Waals surface area contributed by atoms with Crippen LogP contribution in [-0.4, -0.2) is 36.5 Å². The third kappa shape index (κ3) is 6.47. The lowest BCUT2D eigenvalue weighted by molar-refractivity contribution is 0.288. The second-order valence-corrected chi connectivity index (χ2v) is 12.1. The Morgan fingerprint density at radius 3 is 1.86 bits per heavy atom. The summed E-state index contributed by atoms with van der Waals surface area (Å²) in [6.07, 6.45) is 1.12. The van der Waals surface area contributed by atoms with E-state index in [-0.39, 0.29) is 11.1 Å². The van der Waals surface area contributed by atoms with E-state index in [4.69, 9.17) is 14.2 Å². The lowest BCUT2D eigenvalue weighted by Gasteiger charge is -2.20. The Hall–Kier alpha value is -4.63. The summed E-state index contributed by atoms with van der Waals surface area (Å²) in [6, 6.07) is 30.7. The first-order chi connectivity index (χ1) is 20.2. The van der Waals surface area contributed by atoms with Crippen LogP contribution in [-0.2, 0) is 23.1 Å². The van der Waals surface area contributed by atoms with Gasteiger partial charge in [-0.05, 0) is 52.9 Å². The van der Waals surface area contributed by atoms with Crippen LogP contribution in [0.2, 0.25) is 0 Å². The van der Waals surface area contributed by atoms with Crippen LogP contribution < -0.4 is 14.2 Å². The van der Waals surface area contributed by atoms with Gasteiger partial charge in [-0.25, -0.2) is 8.42 Å². The van der Waals surface area contributed by atoms with Gasteiger partial charge in [0.1, 0.15) is 30.5 Å². The quantitative estimate of drug-likeness (QED) is 0.172. The van der Waals surface area contributed by atoms with Gasteiger partial charge in [-0.2, -0.15) is 0 Å². The predicted octanol–water partition coefficient (Wildman–Crippen LogP) is 6.63. The molecule has 0 N–H and O–H groups in total. The van der Waals surface area contributed by atoms with E-state index in [2.05, 4.69) is 24.0 Å². The predicted molar refractivity (Wildman–Crippen MR) is 162 cm³/mol. The molecule has 0 spiro atoms. The maximum Gasteiger partial charge on any atom is 0.254 e. The number of hydrogen-bond donors (Lipinski definition) is 0. The fourth-order valence-corrected chi connectivity index (χ4v) is 5.28. The van der Waals surface area contributed by atoms with Crippen molar-refractivity contribution >= 4 is 9.84 Å². The smallest absolute Gasteiger partial charge is 0.254 e. The minimum atomic E-state index is -3.73. The van der Waals surface area contributed by atoms with E-state index in [1.54, 1.807) is 31.4 Å². The molecule has 0 aliphatic heterocycles. The number of sulfone groups is 1. The molecule has 0 amide bonds. The van der Waals surface area contributed by atoms with Crippen LogP contribution in [0, 0.1) is 0 Å². The van der Waals surface area contributed by atoms with E-state index < -0.39 is 9.84 Å². The van der Waals surface area contributed by atoms with Crippen molar-refractivity contribution in [2.45, 2.75) is 38.1 Å². The Morgan fingerprint density at radius 2 is 1.33 bits per heavy atom. The van der Waals surface area contributed by atoms with Gasteiger partial charge in [-0.15, -0.1) is 10.2 Å². The molecular formula is C33H33N3O5S. The minimum absolute atomic E-state index is 0.0874. The van der Waals surface area contributed by atoms with Gasteiger partial charge in [0.05, 0.1) is 18.4 Å². The van der Waals surface area contributed by atoms with E-state index in [0.717, 1.165) is 22.9 Å². The molecule has 0 saturated heterocycles. The Morgan fingerprint density at radius 1 is 0.762 bits per heavy atom. The monoisotopic (exact) mass is 583 g/mol. The molecule has 0 unspecified atom stereocenters. The van der Waals surface area contributed by atoms with Gasteiger partial charge < -0.3 is 14.2 Å². The average Bonchev–Trinajstić information content (AvgIpc) is 3.46. The van der Waals surface area contributed by atoms with Crippen molar-refractivity contribution in [3.63, 3.8) is 0 Å². The Balaban J connectivity index is 1.67. The van der Waals surface area contributed by atoms with Gasteiger partial charge in [-0.1, -0.05) is 74.5 Å². The maximum atomic E-state index is 12.8. The second-order valence-electron chi connectivity index (χ2n) is 10.2. The molecule has 5 aromatic rings. The summed E-state index contributed by atoms with van der Waals surface area (Å²) < 4.78 is 45.3. The average molecular weight is 584 g/mol. The third-order valence-electron chi connectivity index (χ3n) is 6.74. The van der Waals surface area contributed by atoms with Gasteiger partial charge in [0.15, 0.2) is 5.82 Å². The molecule has 0 fully saturated rings. The van der Waals surface area contributed by atoms with Crippen LogP contribution in [0.15, 0.2) is 102 Å². The molecule has 9 heteroatoms. The minimum Gasteiger partial charge on any atom is -0.497 e. The zero-order valence-corrected chi connectivity index (χ0v) is 24.8. The van der Waals surface area contributed by atoms with E-state index in [9.17, 15) is 8.42 Å². The van der Waals surface area contributed by atoms with Crippen LogP contribution in [0.5, 0.6) is 17.2 Å². The topological polar surface area (TPSA) is 92.5 Å². The summed E-state index contributed by atoms with van der Waals surface area (Å²) in [5, 5.41) is 8.34. The van der Waals surface area contributed by atoms with Crippen molar-refractivity contribution in [2.24, 2.45) is 0 Å². The maximum absolute atomic E-state index is 12.8. The number of methoxy groups -OCH3 is 1. The summed E-state index contributed by atoms with van der Waals surface area (Å²) in [4.78, 5) is 0. The standard InChI is InChI=1S/C33H33N3O5S/c1-23(2)28-19-29(32-34-35-33(42(4,37)38)36(32)26-15-17-27(39-3)18-16-26)31(41-22-25-13-9-6-10-14-25)20-30(28)40-21-24-11-7-5-8-12-24/h5-20,23H,21-22H2,1-4H3. The van der Waals surface area contributed by atoms with Crippen LogP contribution in [0.1, 0.15) is 36.5 Å². The molecule has 8 nitrogen and oxygen atoms in total. The van der Waals surface area contributed by atoms with Gasteiger partial charge in [0, 0.05) is 12.3 Å². The Bertz CT molecular complexity index is 1750. The second kappa shape index (κ2) is 12.5. The highest BCUT2D eigenvalue weighted by molar-refractivity contribution is 7.90. The summed E-state index contributed by atoms with van der Waals surface area (Å²) in [5.41, 5.74) is 4.12. The number of benzene rings is 4. The molecule has 0 aliphatic carbocycles. The molecule has 1 aromatic heterocycles. The Kier molecular flexibility index (Phi) is 8.59. The number of ether oxygens (including phenoxy) is 3. The SMILES string of the molecule is COc1ccc(-n2c(-c3cc(C(C)C)c(OCc4ccccc4)cc3OCc3ccccc3)nnc2S(C)(=O)=O)cc1. The summed E-state index contributed by atoms with van der Waals surface area (Å²) in [5.74, 6) is 2.24. The molecule has 1 heterocycles. The van der Waals surface area contributed by atoms with Crippen LogP contribution in [0.4, 0.5) is 0 Å². The normalized spacial score (nSPS) is 11.5. The van der Waals surface area contributed by atoms with Crippen molar-refractivity contribution < 1.29 is 22.6 Å². The van der Waals surface area contributed by atoms with Crippen molar-refractivity contribution in [3.8, 4) is 34.3 Å². The van der Waals surface area contributed by atoms with Crippen molar-refractivity contribution in [1.82, 2.24) is 14.8 Å². The molecule has 42 heavy (non-hydrogen) atoms. The molecular weight excluding hydrogens is 550 g/mol. The highest BCUT2D eigenvalue weighted by Gasteiger charge is 2.26. The van der Waals surface area contributed by atoms with Gasteiger partial charge in [-0.3, -0.25) is 4.57 Å². The molecule has 0 atom stereocenters. The first-order valence-electron chi connectivity index (χ1n) is 13.6. The number of rotatable bonds is 11. The molecule has 0 bridgehead atoms. The first-order valence-corrected chi connectivity index (χ1v) is 15.5. The highest BCUT2D eigenvalue weighted by atomic mass is 32.2.